The smallest absolute Gasteiger partial charge is 0.223 e. The highest BCUT2D eigenvalue weighted by atomic mass is 79.9. The molecule has 0 N–H and O–H groups in total. The van der Waals surface area contributed by atoms with E-state index in [1.807, 2.05) is 0 Å². The first-order valence-electron chi connectivity index (χ1n) is 2.33. The fraction of sp³-hybridized carbons (Fsp3) is 1.00. The van der Waals surface area contributed by atoms with Gasteiger partial charge in [0.15, 0.2) is 0 Å². The Morgan fingerprint density at radius 1 is 1.67 bits per heavy atom. The second-order valence-electron chi connectivity index (χ2n) is 1.87. The van der Waals surface area contributed by atoms with Gasteiger partial charge in [0.2, 0.25) is 0 Å². The molecule has 0 aromatic carbocycles. The zero-order chi connectivity index (χ0) is 4.99. The van der Waals surface area contributed by atoms with Crippen LogP contribution in [0.4, 0.5) is 0 Å². The van der Waals surface area contributed by atoms with Gasteiger partial charge in [-0.25, -0.2) is 14.1 Å². The largest absolute Gasteiger partial charge is 0.342 e. The molecule has 0 aromatic heterocycles. The molecule has 0 radical (unpaired) electrons. The van der Waals surface area contributed by atoms with Crippen molar-refractivity contribution in [2.45, 2.75) is 19.1 Å². The molecule has 36 valence electrons. The summed E-state index contributed by atoms with van der Waals surface area (Å²) in [6, 6.07) is 0. The van der Waals surface area contributed by atoms with Crippen molar-refractivity contribution in [3.05, 3.63) is 0 Å². The van der Waals surface area contributed by atoms with Crippen LogP contribution in [0, 0.1) is 5.92 Å². The highest BCUT2D eigenvalue weighted by Gasteiger charge is 1.90. The zero-order valence-electron chi connectivity index (χ0n) is 4.37. The topological polar surface area (TPSA) is 0 Å². The van der Waals surface area contributed by atoms with E-state index in [0.29, 0.717) is 0 Å². The van der Waals surface area contributed by atoms with Crippen LogP contribution in [0.2, 0.25) is 5.28 Å². The van der Waals surface area contributed by atoms with E-state index < -0.39 is 0 Å². The van der Waals surface area contributed by atoms with Gasteiger partial charge in [0, 0.05) is 0 Å². The van der Waals surface area contributed by atoms with Crippen LogP contribution < -0.4 is 0 Å². The standard InChI is InChI=1S/C4H9.Al.BrH.H/c1-4(2)3;;;/h4H,1H2,2-3H3;;1H;/q;+1;;/p-1. The third-order valence-corrected chi connectivity index (χ3v) is 3.43. The lowest BCUT2D eigenvalue weighted by Crippen LogP contribution is -1.86. The molecule has 0 nitrogen and oxygen atoms in total. The summed E-state index contributed by atoms with van der Waals surface area (Å²) in [5.41, 5.74) is 0. The Balaban J connectivity index is 2.63. The Morgan fingerprint density at radius 3 is 2.17 bits per heavy atom. The van der Waals surface area contributed by atoms with E-state index in [0.717, 1.165) is 5.92 Å². The minimum Gasteiger partial charge on any atom is -0.223 e. The van der Waals surface area contributed by atoms with E-state index in [1.165, 1.54) is 5.28 Å². The summed E-state index contributed by atoms with van der Waals surface area (Å²) >= 11 is 3.67. The lowest BCUT2D eigenvalue weighted by Gasteiger charge is -1.93. The predicted molar refractivity (Wildman–Crippen MR) is 35.7 cm³/mol. The summed E-state index contributed by atoms with van der Waals surface area (Å²) in [6.45, 7) is 4.52. The molecule has 0 unspecified atom stereocenters. The Labute approximate surface area is 52.7 Å². The number of rotatable bonds is 2. The lowest BCUT2D eigenvalue weighted by molar-refractivity contribution is 0.734. The van der Waals surface area contributed by atoms with Gasteiger partial charge in [-0.05, 0) is 0 Å². The molecule has 0 atom stereocenters. The summed E-state index contributed by atoms with van der Waals surface area (Å²) in [5.74, 6) is 0.913. The Bertz CT molecular complexity index is 28.7. The molecule has 0 spiro atoms. The van der Waals surface area contributed by atoms with Gasteiger partial charge in [-0.3, -0.25) is 0 Å². The first-order chi connectivity index (χ1) is 2.77. The fourth-order valence-electron chi connectivity index (χ4n) is 0.218. The zero-order valence-corrected chi connectivity index (χ0v) is 7.37. The summed E-state index contributed by atoms with van der Waals surface area (Å²) < 4.78 is 0. The molecule has 0 saturated heterocycles. The number of hydrogen-bond acceptors (Lipinski definition) is 0. The van der Waals surface area contributed by atoms with Gasteiger partial charge in [-0.1, -0.05) is 25.0 Å². The van der Waals surface area contributed by atoms with Crippen molar-refractivity contribution < 1.29 is 0 Å². The highest BCUT2D eigenvalue weighted by molar-refractivity contribution is 9.23. The predicted octanol–water partition coefficient (Wildman–Crippen LogP) is 1.81. The average molecular weight is 165 g/mol. The van der Waals surface area contributed by atoms with Crippen LogP contribution in [0.15, 0.2) is 0 Å². The fourth-order valence-corrected chi connectivity index (χ4v) is 3.40. The molecule has 2 heteroatoms. The lowest BCUT2D eigenvalue weighted by atomic mass is 10.3. The van der Waals surface area contributed by atoms with Gasteiger partial charge >= 0.3 is 13.4 Å². The Hall–Kier alpha value is 1.01. The van der Waals surface area contributed by atoms with E-state index in [4.69, 9.17) is 0 Å². The third kappa shape index (κ3) is 5.01. The van der Waals surface area contributed by atoms with Gasteiger partial charge in [-0.2, -0.15) is 0 Å². The van der Waals surface area contributed by atoms with Crippen molar-refractivity contribution in [1.29, 1.82) is 0 Å². The van der Waals surface area contributed by atoms with E-state index in [9.17, 15) is 0 Å². The van der Waals surface area contributed by atoms with Crippen molar-refractivity contribution >= 4 is 27.4 Å². The van der Waals surface area contributed by atoms with Crippen molar-refractivity contribution in [2.75, 3.05) is 0 Å². The summed E-state index contributed by atoms with van der Waals surface area (Å²) in [4.78, 5) is 0. The third-order valence-electron chi connectivity index (χ3n) is 0.686. The van der Waals surface area contributed by atoms with Crippen LogP contribution >= 0.6 is 14.1 Å². The maximum atomic E-state index is 3.49. The molecule has 0 amide bonds. The second-order valence-corrected chi connectivity index (χ2v) is 5.21. The number of halogens is 1. The SMILES string of the molecule is CC(C)[CH2][AlH][Br]. The Kier molecular flexibility index (Phi) is 4.88. The molecule has 0 fully saturated rings. The van der Waals surface area contributed by atoms with Crippen LogP contribution in [0.5, 0.6) is 0 Å². The van der Waals surface area contributed by atoms with Gasteiger partial charge in [0.25, 0.3) is 0 Å². The van der Waals surface area contributed by atoms with E-state index in [1.54, 1.807) is 0 Å². The second kappa shape index (κ2) is 4.18. The molecule has 0 aliphatic heterocycles. The minimum atomic E-state index is 0.179. The summed E-state index contributed by atoms with van der Waals surface area (Å²) in [6.07, 6.45) is 0. The molecular formula is C4H10AlBr. The molecule has 0 aromatic rings. The van der Waals surface area contributed by atoms with Crippen molar-refractivity contribution in [3.8, 4) is 0 Å². The van der Waals surface area contributed by atoms with Gasteiger partial charge in [-0.15, -0.1) is 0 Å². The van der Waals surface area contributed by atoms with Crippen LogP contribution in [0.1, 0.15) is 13.8 Å². The molecule has 0 aliphatic carbocycles. The molecule has 0 aliphatic rings. The molecule has 6 heavy (non-hydrogen) atoms. The average Bonchev–Trinajstić information content (AvgIpc) is 1.35. The van der Waals surface area contributed by atoms with Crippen molar-refractivity contribution in [1.82, 2.24) is 0 Å². The van der Waals surface area contributed by atoms with Crippen molar-refractivity contribution in [2.24, 2.45) is 5.92 Å². The molecule has 0 rings (SSSR count). The van der Waals surface area contributed by atoms with E-state index in [2.05, 4.69) is 27.9 Å². The molecular weight excluding hydrogens is 155 g/mol. The first-order valence-corrected chi connectivity index (χ1v) is 7.23. The van der Waals surface area contributed by atoms with E-state index >= 15 is 0 Å². The van der Waals surface area contributed by atoms with Crippen LogP contribution in [0.25, 0.3) is 0 Å². The summed E-state index contributed by atoms with van der Waals surface area (Å²) in [7, 11) is 0. The van der Waals surface area contributed by atoms with Crippen molar-refractivity contribution in [3.63, 3.8) is 0 Å². The maximum absolute atomic E-state index is 3.49. The normalized spacial score (nSPS) is 9.33. The summed E-state index contributed by atoms with van der Waals surface area (Å²) in [5, 5.41) is 1.43. The van der Waals surface area contributed by atoms with Crippen LogP contribution in [0.3, 0.4) is 0 Å². The monoisotopic (exact) mass is 164 g/mol. The van der Waals surface area contributed by atoms with Gasteiger partial charge in [0.1, 0.15) is 0 Å². The van der Waals surface area contributed by atoms with Gasteiger partial charge < -0.3 is 0 Å². The van der Waals surface area contributed by atoms with Gasteiger partial charge in [0.05, 0.1) is 0 Å². The molecule has 0 bridgehead atoms. The van der Waals surface area contributed by atoms with Crippen LogP contribution in [-0.4, -0.2) is 13.4 Å². The van der Waals surface area contributed by atoms with Crippen LogP contribution in [-0.2, 0) is 0 Å². The number of hydrogen-bond donors (Lipinski definition) is 0. The Morgan fingerprint density at radius 2 is 2.17 bits per heavy atom. The molecule has 0 saturated carbocycles. The quantitative estimate of drug-likeness (QED) is 0.547. The van der Waals surface area contributed by atoms with E-state index in [-0.39, 0.29) is 13.4 Å². The minimum absolute atomic E-state index is 0.179. The first kappa shape index (κ1) is 7.01. The molecule has 0 heterocycles. The maximum Gasteiger partial charge on any atom is 0.342 e. The highest BCUT2D eigenvalue weighted by Crippen LogP contribution is 1.99.